The van der Waals surface area contributed by atoms with Crippen LogP contribution in [-0.4, -0.2) is 41.2 Å². The van der Waals surface area contributed by atoms with Gasteiger partial charge in [0.25, 0.3) is 0 Å². The number of ether oxygens (including phenoxy) is 1. The maximum Gasteiger partial charge on any atom is 0.321 e. The van der Waals surface area contributed by atoms with Crippen molar-refractivity contribution in [3.8, 4) is 5.75 Å². The molecular formula is C22H25N3O4. The van der Waals surface area contributed by atoms with E-state index < -0.39 is 12.0 Å². The van der Waals surface area contributed by atoms with Crippen molar-refractivity contribution in [2.45, 2.75) is 25.8 Å². The van der Waals surface area contributed by atoms with Crippen molar-refractivity contribution in [2.75, 3.05) is 18.5 Å². The van der Waals surface area contributed by atoms with E-state index >= 15 is 0 Å². The Hall–Kier alpha value is -3.32. The summed E-state index contributed by atoms with van der Waals surface area (Å²) in [5.41, 5.74) is 2.75. The van der Waals surface area contributed by atoms with Gasteiger partial charge >= 0.3 is 5.97 Å². The molecule has 0 radical (unpaired) electrons. The molecule has 0 aliphatic rings. The molecule has 0 saturated carbocycles. The molecule has 4 N–H and O–H groups in total. The highest BCUT2D eigenvalue weighted by atomic mass is 16.5. The number of carboxylic acids is 1. The van der Waals surface area contributed by atoms with Gasteiger partial charge in [-0.25, -0.2) is 0 Å². The summed E-state index contributed by atoms with van der Waals surface area (Å²) in [6.07, 6.45) is 2.44. The quantitative estimate of drug-likeness (QED) is 0.422. The highest BCUT2D eigenvalue weighted by molar-refractivity contribution is 5.94. The minimum Gasteiger partial charge on any atom is -0.494 e. The summed E-state index contributed by atoms with van der Waals surface area (Å²) in [4.78, 5) is 27.0. The first kappa shape index (κ1) is 20.4. The van der Waals surface area contributed by atoms with Gasteiger partial charge in [0.15, 0.2) is 0 Å². The van der Waals surface area contributed by atoms with Crippen molar-refractivity contribution >= 4 is 28.5 Å². The van der Waals surface area contributed by atoms with Crippen LogP contribution in [0.4, 0.5) is 5.69 Å². The summed E-state index contributed by atoms with van der Waals surface area (Å²) in [6, 6.07) is 14.0. The number of nitrogens with one attached hydrogen (secondary N) is 3. The van der Waals surface area contributed by atoms with Crippen molar-refractivity contribution in [3.63, 3.8) is 0 Å². The number of aromatic nitrogens is 1. The molecule has 0 aliphatic heterocycles. The molecule has 152 valence electrons. The van der Waals surface area contributed by atoms with Gasteiger partial charge in [0, 0.05) is 29.3 Å². The van der Waals surface area contributed by atoms with E-state index in [0.717, 1.165) is 16.5 Å². The normalized spacial score (nSPS) is 11.9. The predicted octanol–water partition coefficient (Wildman–Crippen LogP) is 3.18. The van der Waals surface area contributed by atoms with Crippen LogP contribution in [0.2, 0.25) is 0 Å². The number of para-hydroxylation sites is 1. The van der Waals surface area contributed by atoms with Crippen LogP contribution in [0.25, 0.3) is 10.9 Å². The number of hydrogen-bond donors (Lipinski definition) is 4. The van der Waals surface area contributed by atoms with Gasteiger partial charge in [-0.15, -0.1) is 0 Å². The van der Waals surface area contributed by atoms with Crippen LogP contribution in [-0.2, 0) is 16.0 Å². The zero-order valence-electron chi connectivity index (χ0n) is 16.3. The van der Waals surface area contributed by atoms with E-state index in [2.05, 4.69) is 15.6 Å². The van der Waals surface area contributed by atoms with Gasteiger partial charge in [0.2, 0.25) is 5.91 Å². The fourth-order valence-electron chi connectivity index (χ4n) is 3.16. The largest absolute Gasteiger partial charge is 0.494 e. The Morgan fingerprint density at radius 2 is 1.90 bits per heavy atom. The number of amides is 1. The van der Waals surface area contributed by atoms with E-state index in [1.807, 2.05) is 37.4 Å². The van der Waals surface area contributed by atoms with E-state index in [4.69, 9.17) is 4.74 Å². The lowest BCUT2D eigenvalue weighted by molar-refractivity contribution is -0.141. The summed E-state index contributed by atoms with van der Waals surface area (Å²) in [5, 5.41) is 16.3. The van der Waals surface area contributed by atoms with E-state index in [1.165, 1.54) is 0 Å². The van der Waals surface area contributed by atoms with Gasteiger partial charge < -0.3 is 25.5 Å². The van der Waals surface area contributed by atoms with Crippen molar-refractivity contribution in [1.29, 1.82) is 0 Å². The highest BCUT2D eigenvalue weighted by Crippen LogP contribution is 2.18. The number of aliphatic carboxylic acids is 1. The zero-order chi connectivity index (χ0) is 20.6. The summed E-state index contributed by atoms with van der Waals surface area (Å²) in [7, 11) is 0. The average Bonchev–Trinajstić information content (AvgIpc) is 3.12. The molecule has 0 unspecified atom stereocenters. The van der Waals surface area contributed by atoms with E-state index in [9.17, 15) is 14.7 Å². The monoisotopic (exact) mass is 395 g/mol. The lowest BCUT2D eigenvalue weighted by Gasteiger charge is -2.14. The molecule has 7 nitrogen and oxygen atoms in total. The average molecular weight is 395 g/mol. The lowest BCUT2D eigenvalue weighted by Crippen LogP contribution is -2.40. The van der Waals surface area contributed by atoms with E-state index in [0.29, 0.717) is 31.0 Å². The fraction of sp³-hybridized carbons (Fsp3) is 0.273. The lowest BCUT2D eigenvalue weighted by atomic mass is 10.1. The number of anilines is 1. The first-order valence-corrected chi connectivity index (χ1v) is 9.60. The fourth-order valence-corrected chi connectivity index (χ4v) is 3.16. The number of aromatic amines is 1. The van der Waals surface area contributed by atoms with Crippen molar-refractivity contribution in [2.24, 2.45) is 0 Å². The molecular weight excluding hydrogens is 370 g/mol. The summed E-state index contributed by atoms with van der Waals surface area (Å²) in [6.45, 7) is 2.92. The minimum atomic E-state index is -1.05. The number of benzene rings is 2. The van der Waals surface area contributed by atoms with Gasteiger partial charge in [0.1, 0.15) is 11.8 Å². The van der Waals surface area contributed by atoms with Gasteiger partial charge in [-0.1, -0.05) is 18.2 Å². The molecule has 3 rings (SSSR count). The summed E-state index contributed by atoms with van der Waals surface area (Å²) in [5.74, 6) is -0.695. The first-order chi connectivity index (χ1) is 14.1. The second kappa shape index (κ2) is 9.75. The van der Waals surface area contributed by atoms with Crippen molar-refractivity contribution in [1.82, 2.24) is 10.3 Å². The van der Waals surface area contributed by atoms with Gasteiger partial charge in [-0.3, -0.25) is 9.59 Å². The molecule has 1 aromatic heterocycles. The molecule has 29 heavy (non-hydrogen) atoms. The predicted molar refractivity (Wildman–Crippen MR) is 112 cm³/mol. The number of fused-ring (bicyclic) bond motifs is 1. The molecule has 0 fully saturated rings. The Kier molecular flexibility index (Phi) is 6.86. The van der Waals surface area contributed by atoms with E-state index in [1.54, 1.807) is 24.3 Å². The maximum absolute atomic E-state index is 12.3. The maximum atomic E-state index is 12.3. The van der Waals surface area contributed by atoms with Crippen LogP contribution >= 0.6 is 0 Å². The molecule has 0 bridgehead atoms. The molecule has 2 aromatic carbocycles. The number of carbonyl (C=O) groups is 2. The Morgan fingerprint density at radius 1 is 1.14 bits per heavy atom. The van der Waals surface area contributed by atoms with Gasteiger partial charge in [-0.05, 0) is 49.2 Å². The molecule has 1 heterocycles. The third-order valence-electron chi connectivity index (χ3n) is 4.60. The number of hydrogen-bond acceptors (Lipinski definition) is 4. The second-order valence-electron chi connectivity index (χ2n) is 6.66. The molecule has 1 amide bonds. The van der Waals surface area contributed by atoms with Crippen molar-refractivity contribution < 1.29 is 19.4 Å². The smallest absolute Gasteiger partial charge is 0.321 e. The third-order valence-corrected chi connectivity index (χ3v) is 4.60. The number of rotatable bonds is 10. The standard InChI is InChI=1S/C22H25N3O4/c1-2-29-17-9-7-16(8-10-17)25-21(26)13-20(22(27)28)23-12-11-15-14-24-19-6-4-3-5-18(15)19/h3-10,14,20,23-24H,2,11-13H2,1H3,(H,25,26)(H,27,28)/t20-/m1/s1. The van der Waals surface area contributed by atoms with Crippen molar-refractivity contribution in [3.05, 3.63) is 60.3 Å². The van der Waals surface area contributed by atoms with Crippen LogP contribution < -0.4 is 15.4 Å². The summed E-state index contributed by atoms with van der Waals surface area (Å²) < 4.78 is 5.36. The van der Waals surface area contributed by atoms with E-state index in [-0.39, 0.29) is 12.3 Å². The number of carboxylic acid groups (broad SMARTS) is 1. The topological polar surface area (TPSA) is 103 Å². The Balaban J connectivity index is 1.51. The molecule has 3 aromatic rings. The van der Waals surface area contributed by atoms with Gasteiger partial charge in [-0.2, -0.15) is 0 Å². The highest BCUT2D eigenvalue weighted by Gasteiger charge is 2.20. The molecule has 0 aliphatic carbocycles. The van der Waals surface area contributed by atoms with Crippen LogP contribution in [0, 0.1) is 0 Å². The minimum absolute atomic E-state index is 0.156. The second-order valence-corrected chi connectivity index (χ2v) is 6.66. The molecule has 0 spiro atoms. The summed E-state index contributed by atoms with van der Waals surface area (Å²) >= 11 is 0. The Morgan fingerprint density at radius 3 is 2.62 bits per heavy atom. The van der Waals surface area contributed by atoms with Crippen LogP contribution in [0.5, 0.6) is 5.75 Å². The van der Waals surface area contributed by atoms with Gasteiger partial charge in [0.05, 0.1) is 13.0 Å². The number of carbonyl (C=O) groups excluding carboxylic acids is 1. The zero-order valence-corrected chi connectivity index (χ0v) is 16.3. The first-order valence-electron chi connectivity index (χ1n) is 9.60. The molecule has 0 saturated heterocycles. The van der Waals surface area contributed by atoms with Crippen LogP contribution in [0.15, 0.2) is 54.7 Å². The Bertz CT molecular complexity index is 966. The molecule has 7 heteroatoms. The SMILES string of the molecule is CCOc1ccc(NC(=O)C[C@@H](NCCc2c[nH]c3ccccc23)C(=O)O)cc1. The van der Waals surface area contributed by atoms with Crippen LogP contribution in [0.1, 0.15) is 18.9 Å². The third kappa shape index (κ3) is 5.58. The van der Waals surface area contributed by atoms with Crippen LogP contribution in [0.3, 0.4) is 0 Å². The molecule has 1 atom stereocenters. The Labute approximate surface area is 169 Å². The number of H-pyrrole nitrogens is 1.